The van der Waals surface area contributed by atoms with Crippen LogP contribution in [0.2, 0.25) is 0 Å². The molecule has 7 heteroatoms. The zero-order valence-corrected chi connectivity index (χ0v) is 8.98. The fourth-order valence-corrected chi connectivity index (χ4v) is 0.643. The largest absolute Gasteiger partial charge is 0.341 e. The van der Waals surface area contributed by atoms with Crippen LogP contribution in [-0.4, -0.2) is 14.5 Å². The van der Waals surface area contributed by atoms with Crippen LogP contribution in [0.1, 0.15) is 0 Å². The molecule has 0 aromatic heterocycles. The Hall–Kier alpha value is 1.16. The highest BCUT2D eigenvalue weighted by Gasteiger charge is 2.56. The maximum absolute atomic E-state index is 12.2. The van der Waals surface area contributed by atoms with Gasteiger partial charge in [-0.2, -0.15) is 8.78 Å². The summed E-state index contributed by atoms with van der Waals surface area (Å²) in [6.45, 7) is 0. The summed E-state index contributed by atoms with van der Waals surface area (Å²) in [6, 6.07) is 0. The van der Waals surface area contributed by atoms with E-state index in [-0.39, 0.29) is 0 Å². The van der Waals surface area contributed by atoms with Crippen molar-refractivity contribution in [3.63, 3.8) is 0 Å². The minimum absolute atomic E-state index is 2.23. The first-order valence-electron chi connectivity index (χ1n) is 1.92. The second-order valence-electron chi connectivity index (χ2n) is 1.42. The van der Waals surface area contributed by atoms with Gasteiger partial charge < -0.3 is 0 Å². The van der Waals surface area contributed by atoms with E-state index in [1.54, 1.807) is 0 Å². The van der Waals surface area contributed by atoms with Gasteiger partial charge in [0.1, 0.15) is 0 Å². The van der Waals surface area contributed by atoms with Gasteiger partial charge in [-0.05, 0) is 0 Å². The molecule has 0 amide bonds. The van der Waals surface area contributed by atoms with Gasteiger partial charge in [0.25, 0.3) is 0 Å². The lowest BCUT2D eigenvalue weighted by atomic mass is 10.4. The van der Waals surface area contributed by atoms with Gasteiger partial charge in [0.15, 0.2) is 0 Å². The summed E-state index contributed by atoms with van der Waals surface area (Å²) in [5.74, 6) is -4.15. The molecule has 0 bridgehead atoms. The molecule has 0 saturated heterocycles. The third-order valence-electron chi connectivity index (χ3n) is 0.652. The van der Waals surface area contributed by atoms with E-state index in [0.717, 1.165) is 0 Å². The van der Waals surface area contributed by atoms with E-state index >= 15 is 0 Å². The fraction of sp³-hybridized carbons (Fsp3) is 1.00. The highest BCUT2D eigenvalue weighted by atomic mass is 80.0. The van der Waals surface area contributed by atoms with Crippen LogP contribution < -0.4 is 0 Å². The Morgan fingerprint density at radius 1 is 1.00 bits per heavy atom. The summed E-state index contributed by atoms with van der Waals surface area (Å²) >= 11 is 6.91. The van der Waals surface area contributed by atoms with Gasteiger partial charge in [-0.15, -0.1) is 0 Å². The Balaban J connectivity index is 4.40. The minimum atomic E-state index is -4.15. The molecule has 0 aliphatic rings. The first-order valence-corrected chi connectivity index (χ1v) is 4.30. The van der Waals surface area contributed by atoms with Gasteiger partial charge in [-0.25, -0.2) is 8.78 Å². The molecule has 0 radical (unpaired) electrons. The van der Waals surface area contributed by atoms with Gasteiger partial charge in [0, 0.05) is 0 Å². The van der Waals surface area contributed by atoms with Crippen LogP contribution in [0.25, 0.3) is 0 Å². The fourth-order valence-electron chi connectivity index (χ4n) is 0.124. The number of alkyl halides is 7. The van der Waals surface area contributed by atoms with Gasteiger partial charge in [-0.1, -0.05) is 47.8 Å². The van der Waals surface area contributed by atoms with Crippen molar-refractivity contribution in [3.8, 4) is 0 Å². The van der Waals surface area contributed by atoms with Crippen LogP contribution in [0.15, 0.2) is 0 Å². The van der Waals surface area contributed by atoms with E-state index in [1.165, 1.54) is 0 Å². The van der Waals surface area contributed by atoms with E-state index in [4.69, 9.17) is 0 Å². The molecular formula is C3HBr3F4. The molecular weight excluding hydrogens is 352 g/mol. The van der Waals surface area contributed by atoms with E-state index in [0.29, 0.717) is 0 Å². The lowest BCUT2D eigenvalue weighted by Crippen LogP contribution is -2.39. The molecule has 0 rings (SSSR count). The normalized spacial score (nSPS) is 14.4. The topological polar surface area (TPSA) is 0 Å². The first kappa shape index (κ1) is 11.2. The van der Waals surface area contributed by atoms with Crippen LogP contribution in [0.4, 0.5) is 17.6 Å². The van der Waals surface area contributed by atoms with Crippen molar-refractivity contribution in [1.82, 2.24) is 0 Å². The van der Waals surface area contributed by atoms with Crippen molar-refractivity contribution in [2.24, 2.45) is 0 Å². The van der Waals surface area contributed by atoms with E-state index < -0.39 is 14.5 Å². The highest BCUT2D eigenvalue weighted by Crippen LogP contribution is 2.49. The Morgan fingerprint density at radius 2 is 1.30 bits per heavy atom. The number of hydrogen-bond donors (Lipinski definition) is 0. The average molecular weight is 353 g/mol. The van der Waals surface area contributed by atoms with Crippen LogP contribution in [0.5, 0.6) is 0 Å². The second kappa shape index (κ2) is 3.26. The van der Waals surface area contributed by atoms with Crippen LogP contribution in [0, 0.1) is 0 Å². The molecule has 0 aliphatic carbocycles. The van der Waals surface area contributed by atoms with E-state index in [1.807, 2.05) is 0 Å². The number of rotatable bonds is 1. The van der Waals surface area contributed by atoms with Gasteiger partial charge >= 0.3 is 12.3 Å². The Bertz CT molecular complexity index is 117. The Labute approximate surface area is 79.7 Å². The predicted molar refractivity (Wildman–Crippen MR) is 40.5 cm³/mol. The van der Waals surface area contributed by atoms with Crippen molar-refractivity contribution < 1.29 is 17.6 Å². The predicted octanol–water partition coefficient (Wildman–Crippen LogP) is 3.73. The molecule has 0 spiro atoms. The van der Waals surface area contributed by atoms with Crippen molar-refractivity contribution >= 4 is 47.8 Å². The molecule has 0 atom stereocenters. The molecule has 0 aromatic carbocycles. The number of halogens is 7. The van der Waals surface area contributed by atoms with Crippen LogP contribution in [0.3, 0.4) is 0 Å². The highest BCUT2D eigenvalue weighted by molar-refractivity contribution is 9.39. The smallest absolute Gasteiger partial charge is 0.203 e. The summed E-state index contributed by atoms with van der Waals surface area (Å²) in [5.41, 5.74) is 0. The molecule has 0 fully saturated rings. The lowest BCUT2D eigenvalue weighted by molar-refractivity contribution is -0.117. The molecule has 0 aliphatic heterocycles. The maximum Gasteiger partial charge on any atom is 0.341 e. The standard InChI is InChI=1S/C3HBr3F4/c4-3(5,6)2(9,10)1(7)8/h1H. The summed E-state index contributed by atoms with van der Waals surface area (Å²) in [7, 11) is 0. The molecule has 0 unspecified atom stereocenters. The molecule has 0 heterocycles. The summed E-state index contributed by atoms with van der Waals surface area (Å²) in [6.07, 6.45) is -3.72. The zero-order valence-electron chi connectivity index (χ0n) is 4.22. The third-order valence-corrected chi connectivity index (χ3v) is 2.24. The lowest BCUT2D eigenvalue weighted by Gasteiger charge is -2.23. The summed E-state index contributed by atoms with van der Waals surface area (Å²) in [4.78, 5) is 0. The second-order valence-corrected chi connectivity index (χ2v) is 8.18. The van der Waals surface area contributed by atoms with Gasteiger partial charge in [0.2, 0.25) is 2.14 Å². The molecule has 0 N–H and O–H groups in total. The van der Waals surface area contributed by atoms with Crippen molar-refractivity contribution in [2.45, 2.75) is 14.5 Å². The average Bonchev–Trinajstić information content (AvgIpc) is 1.62. The maximum atomic E-state index is 12.2. The van der Waals surface area contributed by atoms with Crippen LogP contribution >= 0.6 is 47.8 Å². The number of hydrogen-bond acceptors (Lipinski definition) is 0. The Kier molecular flexibility index (Phi) is 3.64. The van der Waals surface area contributed by atoms with Crippen molar-refractivity contribution in [2.75, 3.05) is 0 Å². The molecule has 0 nitrogen and oxygen atoms in total. The quantitative estimate of drug-likeness (QED) is 0.498. The van der Waals surface area contributed by atoms with Crippen molar-refractivity contribution in [1.29, 1.82) is 0 Å². The molecule has 62 valence electrons. The SMILES string of the molecule is FC(F)C(F)(F)C(Br)(Br)Br. The summed E-state index contributed by atoms with van der Waals surface area (Å²) < 4.78 is 45.0. The molecule has 0 aromatic rings. The van der Waals surface area contributed by atoms with Gasteiger partial charge in [-0.3, -0.25) is 0 Å². The van der Waals surface area contributed by atoms with Crippen molar-refractivity contribution in [3.05, 3.63) is 0 Å². The summed E-state index contributed by atoms with van der Waals surface area (Å²) in [5, 5.41) is 0. The molecule has 0 saturated carbocycles. The van der Waals surface area contributed by atoms with E-state index in [9.17, 15) is 17.6 Å². The molecule has 10 heavy (non-hydrogen) atoms. The monoisotopic (exact) mass is 350 g/mol. The first-order chi connectivity index (χ1) is 4.19. The third kappa shape index (κ3) is 2.34. The van der Waals surface area contributed by atoms with Crippen LogP contribution in [-0.2, 0) is 0 Å². The van der Waals surface area contributed by atoms with Gasteiger partial charge in [0.05, 0.1) is 0 Å². The zero-order chi connectivity index (χ0) is 8.58. The van der Waals surface area contributed by atoms with E-state index in [2.05, 4.69) is 47.8 Å². The Morgan fingerprint density at radius 3 is 1.30 bits per heavy atom. The minimum Gasteiger partial charge on any atom is -0.203 e.